The van der Waals surface area contributed by atoms with Gasteiger partial charge in [-0.25, -0.2) is 4.98 Å². The van der Waals surface area contributed by atoms with Crippen LogP contribution >= 0.6 is 23.4 Å². The van der Waals surface area contributed by atoms with Gasteiger partial charge in [-0.15, -0.1) is 0 Å². The van der Waals surface area contributed by atoms with Gasteiger partial charge in [-0.2, -0.15) is 0 Å². The number of hydrogen-bond donors (Lipinski definition) is 0. The fraction of sp³-hybridized carbons (Fsp3) is 0.400. The Balaban J connectivity index is 1.54. The Morgan fingerprint density at radius 2 is 1.76 bits per heavy atom. The maximum atomic E-state index is 13.6. The lowest BCUT2D eigenvalue weighted by molar-refractivity contribution is -0.127. The molecule has 0 spiro atoms. The summed E-state index contributed by atoms with van der Waals surface area (Å²) in [6.07, 6.45) is 1.51. The van der Waals surface area contributed by atoms with E-state index in [2.05, 4.69) is 4.90 Å². The van der Waals surface area contributed by atoms with Crippen LogP contribution in [0.5, 0.6) is 0 Å². The zero-order valence-electron chi connectivity index (χ0n) is 18.9. The van der Waals surface area contributed by atoms with Crippen LogP contribution in [-0.4, -0.2) is 76.4 Å². The van der Waals surface area contributed by atoms with Crippen LogP contribution in [0.1, 0.15) is 12.8 Å². The highest BCUT2D eigenvalue weighted by atomic mass is 35.5. The molecule has 5 rings (SSSR count). The Morgan fingerprint density at radius 1 is 1.00 bits per heavy atom. The third kappa shape index (κ3) is 5.15. The van der Waals surface area contributed by atoms with Gasteiger partial charge in [0.25, 0.3) is 5.56 Å². The number of rotatable bonds is 7. The van der Waals surface area contributed by atoms with Crippen LogP contribution in [0.15, 0.2) is 58.5 Å². The second-order valence-corrected chi connectivity index (χ2v) is 10.3. The van der Waals surface area contributed by atoms with Crippen molar-refractivity contribution in [2.45, 2.75) is 23.2 Å². The molecule has 1 unspecified atom stereocenters. The van der Waals surface area contributed by atoms with Crippen LogP contribution in [0.3, 0.4) is 0 Å². The number of carbonyl (C=O) groups excluding carboxylic acids is 1. The summed E-state index contributed by atoms with van der Waals surface area (Å²) in [5, 5.41) is 1.86. The van der Waals surface area contributed by atoms with E-state index in [0.717, 1.165) is 38.3 Å². The molecule has 2 fully saturated rings. The molecule has 0 aliphatic carbocycles. The van der Waals surface area contributed by atoms with Gasteiger partial charge in [0.2, 0.25) is 5.91 Å². The van der Waals surface area contributed by atoms with Crippen LogP contribution in [-0.2, 0) is 9.53 Å². The number of ether oxygens (including phenoxy) is 1. The van der Waals surface area contributed by atoms with Crippen LogP contribution in [0, 0.1) is 0 Å². The molecule has 34 heavy (non-hydrogen) atoms. The third-order valence-corrected chi connectivity index (χ3v) is 7.63. The van der Waals surface area contributed by atoms with E-state index in [9.17, 15) is 9.59 Å². The number of amides is 1. The molecule has 1 atom stereocenters. The Morgan fingerprint density at radius 3 is 2.50 bits per heavy atom. The fourth-order valence-corrected chi connectivity index (χ4v) is 5.91. The Labute approximate surface area is 207 Å². The highest BCUT2D eigenvalue weighted by molar-refractivity contribution is 7.99. The topological polar surface area (TPSA) is 67.7 Å². The fourth-order valence-electron chi connectivity index (χ4n) is 4.51. The van der Waals surface area contributed by atoms with E-state index in [1.165, 1.54) is 0 Å². The first-order valence-electron chi connectivity index (χ1n) is 11.6. The first-order chi connectivity index (χ1) is 16.6. The average Bonchev–Trinajstić information content (AvgIpc) is 3.25. The highest BCUT2D eigenvalue weighted by Crippen LogP contribution is 2.28. The van der Waals surface area contributed by atoms with Crippen molar-refractivity contribution in [1.82, 2.24) is 19.4 Å². The predicted octanol–water partition coefficient (Wildman–Crippen LogP) is 3.45. The van der Waals surface area contributed by atoms with Gasteiger partial charge >= 0.3 is 0 Å². The summed E-state index contributed by atoms with van der Waals surface area (Å²) in [5.41, 5.74) is 1.28. The minimum Gasteiger partial charge on any atom is -0.379 e. The van der Waals surface area contributed by atoms with Gasteiger partial charge in [0, 0.05) is 49.4 Å². The van der Waals surface area contributed by atoms with Crippen molar-refractivity contribution in [1.29, 1.82) is 0 Å². The van der Waals surface area contributed by atoms with Crippen molar-refractivity contribution < 1.29 is 9.53 Å². The van der Waals surface area contributed by atoms with Crippen LogP contribution < -0.4 is 5.56 Å². The van der Waals surface area contributed by atoms with E-state index >= 15 is 0 Å². The van der Waals surface area contributed by atoms with Gasteiger partial charge < -0.3 is 9.64 Å². The molecule has 2 saturated heterocycles. The number of halogens is 1. The number of aromatic nitrogens is 2. The van der Waals surface area contributed by atoms with Gasteiger partial charge in [-0.05, 0) is 42.8 Å². The predicted molar refractivity (Wildman–Crippen MR) is 135 cm³/mol. The minimum atomic E-state index is -0.113. The number of fused-ring (bicyclic) bond motifs is 1. The molecule has 1 aromatic heterocycles. The number of hydrogen-bond acceptors (Lipinski definition) is 6. The number of thioether (sulfide) groups is 1. The van der Waals surface area contributed by atoms with Gasteiger partial charge in [-0.3, -0.25) is 19.1 Å². The molecule has 2 aromatic carbocycles. The number of carbonyl (C=O) groups is 1. The van der Waals surface area contributed by atoms with Crippen molar-refractivity contribution in [3.05, 3.63) is 63.9 Å². The maximum Gasteiger partial charge on any atom is 0.266 e. The van der Waals surface area contributed by atoms with E-state index in [1.807, 2.05) is 35.2 Å². The first-order valence-corrected chi connectivity index (χ1v) is 12.9. The zero-order valence-corrected chi connectivity index (χ0v) is 20.4. The Hall–Kier alpha value is -2.39. The van der Waals surface area contributed by atoms with Crippen molar-refractivity contribution >= 4 is 40.2 Å². The van der Waals surface area contributed by atoms with Crippen molar-refractivity contribution in [2.24, 2.45) is 0 Å². The molecule has 0 bridgehead atoms. The summed E-state index contributed by atoms with van der Waals surface area (Å²) in [6, 6.07) is 14.7. The van der Waals surface area contributed by atoms with E-state index in [4.69, 9.17) is 21.3 Å². The molecule has 0 radical (unpaired) electrons. The molecule has 2 aliphatic heterocycles. The maximum absolute atomic E-state index is 13.6. The van der Waals surface area contributed by atoms with Crippen LogP contribution in [0.2, 0.25) is 5.02 Å². The van der Waals surface area contributed by atoms with Crippen LogP contribution in [0.25, 0.3) is 16.6 Å². The van der Waals surface area contributed by atoms with Gasteiger partial charge in [-0.1, -0.05) is 35.5 Å². The smallest absolute Gasteiger partial charge is 0.266 e. The first kappa shape index (κ1) is 23.4. The van der Waals surface area contributed by atoms with Crippen molar-refractivity contribution in [3.63, 3.8) is 0 Å². The van der Waals surface area contributed by atoms with E-state index in [0.29, 0.717) is 47.3 Å². The number of morpholine rings is 1. The molecule has 0 N–H and O–H groups in total. The van der Waals surface area contributed by atoms with Crippen LogP contribution in [0.4, 0.5) is 0 Å². The largest absolute Gasteiger partial charge is 0.379 e. The standard InChI is InChI=1S/C25H27ClN4O3S/c26-18-7-9-19(10-8-18)30-24(32)21-4-1-2-5-22(21)27-25(30)34-20(16-28-12-14-33-15-13-28)17-29-11-3-6-23(29)31/h1-2,4-5,7-10,20H,3,6,11-17H2. The third-order valence-electron chi connectivity index (χ3n) is 6.26. The molecule has 7 nitrogen and oxygen atoms in total. The number of para-hydroxylation sites is 1. The summed E-state index contributed by atoms with van der Waals surface area (Å²) >= 11 is 7.68. The lowest BCUT2D eigenvalue weighted by atomic mass is 10.2. The molecule has 3 heterocycles. The number of likely N-dealkylation sites (tertiary alicyclic amines) is 1. The van der Waals surface area contributed by atoms with E-state index < -0.39 is 0 Å². The Kier molecular flexibility index (Phi) is 7.20. The molecule has 1 amide bonds. The molecular formula is C25H27ClN4O3S. The van der Waals surface area contributed by atoms with Crippen molar-refractivity contribution in [2.75, 3.05) is 45.9 Å². The summed E-state index contributed by atoms with van der Waals surface area (Å²) in [6.45, 7) is 5.35. The quantitative estimate of drug-likeness (QED) is 0.367. The normalized spacial score (nSPS) is 18.0. The molecular weight excluding hydrogens is 472 g/mol. The monoisotopic (exact) mass is 498 g/mol. The summed E-state index contributed by atoms with van der Waals surface area (Å²) in [7, 11) is 0. The summed E-state index contributed by atoms with van der Waals surface area (Å²) in [5.74, 6) is 0.203. The highest BCUT2D eigenvalue weighted by Gasteiger charge is 2.27. The number of benzene rings is 2. The number of nitrogens with zero attached hydrogens (tertiary/aromatic N) is 4. The molecule has 0 saturated carbocycles. The zero-order chi connectivity index (χ0) is 23.5. The molecule has 178 valence electrons. The average molecular weight is 499 g/mol. The molecule has 2 aliphatic rings. The lowest BCUT2D eigenvalue weighted by Gasteiger charge is -2.32. The Bertz CT molecular complexity index is 1230. The molecule has 3 aromatic rings. The van der Waals surface area contributed by atoms with Gasteiger partial charge in [0.1, 0.15) is 0 Å². The summed E-state index contributed by atoms with van der Waals surface area (Å²) in [4.78, 5) is 35.2. The van der Waals surface area contributed by atoms with E-state index in [-0.39, 0.29) is 16.7 Å². The minimum absolute atomic E-state index is 0.0618. The second-order valence-electron chi connectivity index (χ2n) is 8.62. The second kappa shape index (κ2) is 10.5. The lowest BCUT2D eigenvalue weighted by Crippen LogP contribution is -2.44. The van der Waals surface area contributed by atoms with Gasteiger partial charge in [0.05, 0.1) is 29.8 Å². The summed E-state index contributed by atoms with van der Waals surface area (Å²) < 4.78 is 7.19. The van der Waals surface area contributed by atoms with Crippen molar-refractivity contribution in [3.8, 4) is 5.69 Å². The molecule has 9 heteroatoms. The van der Waals surface area contributed by atoms with Gasteiger partial charge in [0.15, 0.2) is 5.16 Å². The van der Waals surface area contributed by atoms with E-state index in [1.54, 1.807) is 34.5 Å². The SMILES string of the molecule is O=C1CCCN1CC(CN1CCOCC1)Sc1nc2ccccc2c(=O)n1-c1ccc(Cl)cc1.